The highest BCUT2D eigenvalue weighted by Crippen LogP contribution is 2.11. The lowest BCUT2D eigenvalue weighted by atomic mass is 10.1. The van der Waals surface area contributed by atoms with Crippen LogP contribution in [-0.2, 0) is 11.2 Å². The van der Waals surface area contributed by atoms with Gasteiger partial charge in [-0.25, -0.2) is 4.39 Å². The van der Waals surface area contributed by atoms with Crippen LogP contribution in [0, 0.1) is 5.82 Å². The van der Waals surface area contributed by atoms with E-state index in [-0.39, 0.29) is 11.9 Å². The molecule has 0 saturated heterocycles. The molecule has 106 valence electrons. The Kier molecular flexibility index (Phi) is 5.71. The first-order valence-electron chi connectivity index (χ1n) is 6.88. The van der Waals surface area contributed by atoms with E-state index in [0.29, 0.717) is 13.2 Å². The predicted octanol–water partition coefficient (Wildman–Crippen LogP) is 3.47. The number of aryl methyl sites for hydroxylation is 1. The number of nitrogens with two attached hydrogens (primary N) is 1. The monoisotopic (exact) mass is 273 g/mol. The molecule has 2 aromatic carbocycles. The van der Waals surface area contributed by atoms with E-state index in [1.165, 1.54) is 17.7 Å². The Balaban J connectivity index is 1.64. The number of ether oxygens (including phenoxy) is 1. The molecule has 2 N–H and O–H groups in total. The highest BCUT2D eigenvalue weighted by Gasteiger charge is 2.05. The maximum atomic E-state index is 12.8. The van der Waals surface area contributed by atoms with Crippen LogP contribution in [0.15, 0.2) is 54.6 Å². The Bertz CT molecular complexity index is 498. The lowest BCUT2D eigenvalue weighted by Crippen LogP contribution is -2.17. The quantitative estimate of drug-likeness (QED) is 0.784. The fraction of sp³-hybridized carbons (Fsp3) is 0.294. The first-order valence-corrected chi connectivity index (χ1v) is 6.88. The van der Waals surface area contributed by atoms with Crippen LogP contribution in [-0.4, -0.2) is 13.2 Å². The first-order chi connectivity index (χ1) is 9.75. The van der Waals surface area contributed by atoms with Crippen molar-refractivity contribution in [2.45, 2.75) is 18.9 Å². The van der Waals surface area contributed by atoms with Gasteiger partial charge in [-0.3, -0.25) is 0 Å². The minimum atomic E-state index is -0.246. The van der Waals surface area contributed by atoms with E-state index in [0.717, 1.165) is 18.4 Å². The highest BCUT2D eigenvalue weighted by atomic mass is 19.1. The minimum Gasteiger partial charge on any atom is -0.379 e. The standard InChI is InChI=1S/C17H20FNO/c18-16-10-8-15(9-11-16)17(19)13-20-12-4-7-14-5-2-1-3-6-14/h1-3,5-6,8-11,17H,4,7,12-13,19H2. The second-order valence-electron chi connectivity index (χ2n) is 4.82. The zero-order chi connectivity index (χ0) is 14.2. The molecule has 1 atom stereocenters. The Labute approximate surface area is 119 Å². The molecule has 0 radical (unpaired) electrons. The van der Waals surface area contributed by atoms with E-state index in [2.05, 4.69) is 12.1 Å². The van der Waals surface area contributed by atoms with Crippen LogP contribution in [0.2, 0.25) is 0 Å². The van der Waals surface area contributed by atoms with Crippen molar-refractivity contribution in [3.8, 4) is 0 Å². The maximum Gasteiger partial charge on any atom is 0.123 e. The van der Waals surface area contributed by atoms with Gasteiger partial charge in [0, 0.05) is 6.61 Å². The summed E-state index contributed by atoms with van der Waals surface area (Å²) in [6.07, 6.45) is 1.98. The second kappa shape index (κ2) is 7.78. The van der Waals surface area contributed by atoms with Crippen molar-refractivity contribution in [2.24, 2.45) is 5.73 Å². The van der Waals surface area contributed by atoms with Crippen LogP contribution >= 0.6 is 0 Å². The van der Waals surface area contributed by atoms with E-state index in [4.69, 9.17) is 10.5 Å². The average molecular weight is 273 g/mol. The molecule has 0 bridgehead atoms. The van der Waals surface area contributed by atoms with Crippen molar-refractivity contribution < 1.29 is 9.13 Å². The van der Waals surface area contributed by atoms with E-state index < -0.39 is 0 Å². The molecule has 2 nitrogen and oxygen atoms in total. The van der Waals surface area contributed by atoms with Crippen LogP contribution in [0.5, 0.6) is 0 Å². The largest absolute Gasteiger partial charge is 0.379 e. The average Bonchev–Trinajstić information content (AvgIpc) is 2.48. The van der Waals surface area contributed by atoms with Crippen LogP contribution < -0.4 is 5.73 Å². The third kappa shape index (κ3) is 4.76. The zero-order valence-corrected chi connectivity index (χ0v) is 11.5. The third-order valence-electron chi connectivity index (χ3n) is 3.19. The van der Waals surface area contributed by atoms with Gasteiger partial charge in [0.2, 0.25) is 0 Å². The van der Waals surface area contributed by atoms with Crippen molar-refractivity contribution in [3.05, 3.63) is 71.5 Å². The van der Waals surface area contributed by atoms with Gasteiger partial charge in [0.25, 0.3) is 0 Å². The fourth-order valence-corrected chi connectivity index (χ4v) is 2.04. The van der Waals surface area contributed by atoms with Gasteiger partial charge in [-0.2, -0.15) is 0 Å². The predicted molar refractivity (Wildman–Crippen MR) is 78.9 cm³/mol. The third-order valence-corrected chi connectivity index (χ3v) is 3.19. The van der Waals surface area contributed by atoms with Crippen molar-refractivity contribution in [1.82, 2.24) is 0 Å². The summed E-state index contributed by atoms with van der Waals surface area (Å²) in [6, 6.07) is 16.4. The second-order valence-corrected chi connectivity index (χ2v) is 4.82. The molecular weight excluding hydrogens is 253 g/mol. The lowest BCUT2D eigenvalue weighted by molar-refractivity contribution is 0.119. The SMILES string of the molecule is NC(COCCCc1ccccc1)c1ccc(F)cc1. The summed E-state index contributed by atoms with van der Waals surface area (Å²) >= 11 is 0. The van der Waals surface area contributed by atoms with Gasteiger partial charge in [-0.15, -0.1) is 0 Å². The van der Waals surface area contributed by atoms with Crippen LogP contribution in [0.25, 0.3) is 0 Å². The molecule has 0 amide bonds. The summed E-state index contributed by atoms with van der Waals surface area (Å²) < 4.78 is 18.4. The topological polar surface area (TPSA) is 35.2 Å². The molecule has 0 aromatic heterocycles. The van der Waals surface area contributed by atoms with Crippen molar-refractivity contribution in [1.29, 1.82) is 0 Å². The number of halogens is 1. The lowest BCUT2D eigenvalue weighted by Gasteiger charge is -2.12. The van der Waals surface area contributed by atoms with Crippen LogP contribution in [0.1, 0.15) is 23.6 Å². The molecular formula is C17H20FNO. The maximum absolute atomic E-state index is 12.8. The molecule has 20 heavy (non-hydrogen) atoms. The first kappa shape index (κ1) is 14.7. The van der Waals surface area contributed by atoms with Gasteiger partial charge < -0.3 is 10.5 Å². The van der Waals surface area contributed by atoms with E-state index in [1.54, 1.807) is 12.1 Å². The summed E-state index contributed by atoms with van der Waals surface area (Å²) in [6.45, 7) is 1.14. The number of benzene rings is 2. The van der Waals surface area contributed by atoms with Gasteiger partial charge in [-0.05, 0) is 36.1 Å². The van der Waals surface area contributed by atoms with Gasteiger partial charge in [0.05, 0.1) is 12.6 Å². The normalized spacial score (nSPS) is 12.3. The fourth-order valence-electron chi connectivity index (χ4n) is 2.04. The van der Waals surface area contributed by atoms with Crippen LogP contribution in [0.4, 0.5) is 4.39 Å². The Morgan fingerprint density at radius 3 is 2.40 bits per heavy atom. The Hall–Kier alpha value is -1.71. The molecule has 0 spiro atoms. The Morgan fingerprint density at radius 2 is 1.70 bits per heavy atom. The molecule has 0 fully saturated rings. The van der Waals surface area contributed by atoms with Gasteiger partial charge in [0.1, 0.15) is 5.82 Å². The van der Waals surface area contributed by atoms with Crippen molar-refractivity contribution in [2.75, 3.05) is 13.2 Å². The molecule has 2 aromatic rings. The zero-order valence-electron chi connectivity index (χ0n) is 11.5. The highest BCUT2D eigenvalue weighted by molar-refractivity contribution is 5.19. The smallest absolute Gasteiger partial charge is 0.123 e. The van der Waals surface area contributed by atoms with Crippen molar-refractivity contribution >= 4 is 0 Å². The van der Waals surface area contributed by atoms with Gasteiger partial charge >= 0.3 is 0 Å². The summed E-state index contributed by atoms with van der Waals surface area (Å²) in [4.78, 5) is 0. The van der Waals surface area contributed by atoms with E-state index in [9.17, 15) is 4.39 Å². The molecule has 0 aliphatic carbocycles. The molecule has 1 unspecified atom stereocenters. The number of rotatable bonds is 7. The molecule has 3 heteroatoms. The summed E-state index contributed by atoms with van der Waals surface area (Å²) in [7, 11) is 0. The number of hydrogen-bond donors (Lipinski definition) is 1. The summed E-state index contributed by atoms with van der Waals surface area (Å²) in [5.74, 6) is -0.246. The Morgan fingerprint density at radius 1 is 1.00 bits per heavy atom. The summed E-state index contributed by atoms with van der Waals surface area (Å²) in [5, 5.41) is 0. The number of hydrogen-bond acceptors (Lipinski definition) is 2. The van der Waals surface area contributed by atoms with Gasteiger partial charge in [0.15, 0.2) is 0 Å². The molecule has 2 rings (SSSR count). The molecule has 0 saturated carbocycles. The molecule has 0 aliphatic heterocycles. The van der Waals surface area contributed by atoms with Crippen molar-refractivity contribution in [3.63, 3.8) is 0 Å². The van der Waals surface area contributed by atoms with Gasteiger partial charge in [-0.1, -0.05) is 42.5 Å². The van der Waals surface area contributed by atoms with E-state index >= 15 is 0 Å². The van der Waals surface area contributed by atoms with Crippen LogP contribution in [0.3, 0.4) is 0 Å². The molecule has 0 heterocycles. The minimum absolute atomic E-state index is 0.202. The van der Waals surface area contributed by atoms with E-state index in [1.807, 2.05) is 18.2 Å². The summed E-state index contributed by atoms with van der Waals surface area (Å²) in [5.41, 5.74) is 8.21. The molecule has 0 aliphatic rings.